The number of anilines is 1. The molecule has 0 aliphatic carbocycles. The molecule has 0 spiro atoms. The van der Waals surface area contributed by atoms with E-state index in [1.54, 1.807) is 30.6 Å². The summed E-state index contributed by atoms with van der Waals surface area (Å²) in [6.07, 6.45) is 3.65. The van der Waals surface area contributed by atoms with Gasteiger partial charge in [-0.25, -0.2) is 4.98 Å². The highest BCUT2D eigenvalue weighted by Gasteiger charge is 2.04. The first-order valence-electron chi connectivity index (χ1n) is 5.05. The molecular formula is C12H10BrN3O. The van der Waals surface area contributed by atoms with Crippen molar-refractivity contribution in [1.82, 2.24) is 9.97 Å². The summed E-state index contributed by atoms with van der Waals surface area (Å²) in [6.45, 7) is 0. The second-order valence-electron chi connectivity index (χ2n) is 3.43. The van der Waals surface area contributed by atoms with Gasteiger partial charge in [0.2, 0.25) is 5.91 Å². The van der Waals surface area contributed by atoms with Gasteiger partial charge in [0.05, 0.1) is 6.42 Å². The molecule has 0 radical (unpaired) electrons. The Labute approximate surface area is 107 Å². The summed E-state index contributed by atoms with van der Waals surface area (Å²) in [5.74, 6) is 0.428. The van der Waals surface area contributed by atoms with Crippen molar-refractivity contribution in [1.29, 1.82) is 0 Å². The zero-order chi connectivity index (χ0) is 12.1. The van der Waals surface area contributed by atoms with Gasteiger partial charge in [-0.3, -0.25) is 9.78 Å². The standard InChI is InChI=1S/C12H10BrN3O/c13-10-4-1-5-11(15-10)16-12(17)7-9-3-2-6-14-8-9/h1-6,8H,7H2,(H,15,16,17). The van der Waals surface area contributed by atoms with Gasteiger partial charge in [0.15, 0.2) is 0 Å². The lowest BCUT2D eigenvalue weighted by Crippen LogP contribution is -2.15. The summed E-state index contributed by atoms with van der Waals surface area (Å²) in [7, 11) is 0. The number of pyridine rings is 2. The second kappa shape index (κ2) is 5.54. The molecule has 2 rings (SSSR count). The van der Waals surface area contributed by atoms with Crippen molar-refractivity contribution in [3.8, 4) is 0 Å². The van der Waals surface area contributed by atoms with E-state index in [2.05, 4.69) is 31.2 Å². The van der Waals surface area contributed by atoms with Crippen LogP contribution >= 0.6 is 15.9 Å². The van der Waals surface area contributed by atoms with Crippen LogP contribution in [0.5, 0.6) is 0 Å². The van der Waals surface area contributed by atoms with Gasteiger partial charge in [-0.2, -0.15) is 0 Å². The van der Waals surface area contributed by atoms with Gasteiger partial charge in [0.25, 0.3) is 0 Å². The molecule has 5 heteroatoms. The highest BCUT2D eigenvalue weighted by Crippen LogP contribution is 2.10. The summed E-state index contributed by atoms with van der Waals surface area (Å²) in [4.78, 5) is 19.8. The normalized spacial score (nSPS) is 9.94. The van der Waals surface area contributed by atoms with Crippen molar-refractivity contribution in [2.45, 2.75) is 6.42 Å². The van der Waals surface area contributed by atoms with Crippen LogP contribution in [0.2, 0.25) is 0 Å². The Kier molecular flexibility index (Phi) is 3.82. The van der Waals surface area contributed by atoms with Crippen molar-refractivity contribution in [2.75, 3.05) is 5.32 Å². The molecule has 17 heavy (non-hydrogen) atoms. The summed E-state index contributed by atoms with van der Waals surface area (Å²) in [5.41, 5.74) is 0.875. The number of rotatable bonds is 3. The maximum atomic E-state index is 11.7. The number of aromatic nitrogens is 2. The highest BCUT2D eigenvalue weighted by atomic mass is 79.9. The molecule has 2 aromatic rings. The molecule has 1 amide bonds. The van der Waals surface area contributed by atoms with E-state index in [1.807, 2.05) is 12.1 Å². The zero-order valence-electron chi connectivity index (χ0n) is 8.93. The van der Waals surface area contributed by atoms with E-state index in [1.165, 1.54) is 0 Å². The Hall–Kier alpha value is -1.75. The SMILES string of the molecule is O=C(Cc1cccnc1)Nc1cccc(Br)n1. The van der Waals surface area contributed by atoms with Gasteiger partial charge in [-0.15, -0.1) is 0 Å². The Morgan fingerprint density at radius 3 is 2.88 bits per heavy atom. The molecule has 0 saturated carbocycles. The Bertz CT molecular complexity index is 516. The van der Waals surface area contributed by atoms with Crippen molar-refractivity contribution >= 4 is 27.7 Å². The van der Waals surface area contributed by atoms with Crippen LogP contribution in [0.4, 0.5) is 5.82 Å². The fourth-order valence-corrected chi connectivity index (χ4v) is 1.70. The molecule has 0 unspecified atom stereocenters. The Morgan fingerprint density at radius 1 is 1.29 bits per heavy atom. The maximum absolute atomic E-state index is 11.7. The molecule has 2 heterocycles. The number of amides is 1. The number of hydrogen-bond donors (Lipinski definition) is 1. The smallest absolute Gasteiger partial charge is 0.230 e. The summed E-state index contributed by atoms with van der Waals surface area (Å²) < 4.78 is 0.691. The monoisotopic (exact) mass is 291 g/mol. The number of hydrogen-bond acceptors (Lipinski definition) is 3. The lowest BCUT2D eigenvalue weighted by Gasteiger charge is -2.04. The first-order chi connectivity index (χ1) is 8.24. The third kappa shape index (κ3) is 3.64. The number of carbonyl (C=O) groups is 1. The van der Waals surface area contributed by atoms with Crippen molar-refractivity contribution < 1.29 is 4.79 Å². The number of halogens is 1. The molecule has 2 aromatic heterocycles. The quantitative estimate of drug-likeness (QED) is 0.884. The van der Waals surface area contributed by atoms with Crippen molar-refractivity contribution in [3.63, 3.8) is 0 Å². The van der Waals surface area contributed by atoms with Crippen LogP contribution in [0, 0.1) is 0 Å². The third-order valence-electron chi connectivity index (χ3n) is 2.07. The van der Waals surface area contributed by atoms with E-state index in [9.17, 15) is 4.79 Å². The minimum absolute atomic E-state index is 0.108. The van der Waals surface area contributed by atoms with E-state index in [4.69, 9.17) is 0 Å². The minimum Gasteiger partial charge on any atom is -0.310 e. The van der Waals surface area contributed by atoms with Crippen LogP contribution in [0.15, 0.2) is 47.3 Å². The lowest BCUT2D eigenvalue weighted by molar-refractivity contribution is -0.115. The molecule has 0 fully saturated rings. The van der Waals surface area contributed by atoms with Gasteiger partial charge in [-0.1, -0.05) is 12.1 Å². The van der Waals surface area contributed by atoms with Crippen LogP contribution in [0.25, 0.3) is 0 Å². The minimum atomic E-state index is -0.108. The van der Waals surface area contributed by atoms with Crippen molar-refractivity contribution in [3.05, 3.63) is 52.9 Å². The number of nitrogens with zero attached hydrogens (tertiary/aromatic N) is 2. The molecule has 0 bridgehead atoms. The predicted molar refractivity (Wildman–Crippen MR) is 68.5 cm³/mol. The lowest BCUT2D eigenvalue weighted by atomic mass is 10.2. The molecule has 86 valence electrons. The molecule has 0 atom stereocenters. The summed E-state index contributed by atoms with van der Waals surface area (Å²) in [6, 6.07) is 9.03. The molecule has 0 aliphatic heterocycles. The summed E-state index contributed by atoms with van der Waals surface area (Å²) >= 11 is 3.25. The predicted octanol–water partition coefficient (Wildman–Crippen LogP) is 2.42. The van der Waals surface area contributed by atoms with Crippen LogP contribution < -0.4 is 5.32 Å². The molecule has 0 aliphatic rings. The Balaban J connectivity index is 1.98. The Morgan fingerprint density at radius 2 is 2.18 bits per heavy atom. The van der Waals surface area contributed by atoms with Crippen LogP contribution in [-0.4, -0.2) is 15.9 Å². The number of nitrogens with one attached hydrogen (secondary N) is 1. The van der Waals surface area contributed by atoms with Gasteiger partial charge in [-0.05, 0) is 39.7 Å². The maximum Gasteiger partial charge on any atom is 0.230 e. The van der Waals surface area contributed by atoms with Crippen LogP contribution in [0.3, 0.4) is 0 Å². The van der Waals surface area contributed by atoms with E-state index in [0.29, 0.717) is 16.8 Å². The molecule has 0 aromatic carbocycles. The van der Waals surface area contributed by atoms with E-state index in [0.717, 1.165) is 5.56 Å². The highest BCUT2D eigenvalue weighted by molar-refractivity contribution is 9.10. The second-order valence-corrected chi connectivity index (χ2v) is 4.24. The average Bonchev–Trinajstić information content (AvgIpc) is 2.30. The van der Waals surface area contributed by atoms with Gasteiger partial charge in [0, 0.05) is 12.4 Å². The van der Waals surface area contributed by atoms with E-state index in [-0.39, 0.29) is 5.91 Å². The van der Waals surface area contributed by atoms with Crippen molar-refractivity contribution in [2.24, 2.45) is 0 Å². The van der Waals surface area contributed by atoms with Gasteiger partial charge >= 0.3 is 0 Å². The average molecular weight is 292 g/mol. The molecule has 4 nitrogen and oxygen atoms in total. The third-order valence-corrected chi connectivity index (χ3v) is 2.51. The van der Waals surface area contributed by atoms with Gasteiger partial charge < -0.3 is 5.32 Å². The molecule has 1 N–H and O–H groups in total. The first kappa shape index (κ1) is 11.7. The number of carbonyl (C=O) groups excluding carboxylic acids is 1. The van der Waals surface area contributed by atoms with Crippen LogP contribution in [-0.2, 0) is 11.2 Å². The first-order valence-corrected chi connectivity index (χ1v) is 5.84. The fourth-order valence-electron chi connectivity index (χ4n) is 1.35. The fraction of sp³-hybridized carbons (Fsp3) is 0.0833. The van der Waals surface area contributed by atoms with Crippen LogP contribution in [0.1, 0.15) is 5.56 Å². The van der Waals surface area contributed by atoms with Gasteiger partial charge in [0.1, 0.15) is 10.4 Å². The summed E-state index contributed by atoms with van der Waals surface area (Å²) in [5, 5.41) is 2.72. The zero-order valence-corrected chi connectivity index (χ0v) is 10.5. The molecule has 0 saturated heterocycles. The largest absolute Gasteiger partial charge is 0.310 e. The molecular weight excluding hydrogens is 282 g/mol. The van der Waals surface area contributed by atoms with E-state index >= 15 is 0 Å². The topological polar surface area (TPSA) is 54.9 Å². The van der Waals surface area contributed by atoms with E-state index < -0.39 is 0 Å².